The summed E-state index contributed by atoms with van der Waals surface area (Å²) in [6.45, 7) is 0. The summed E-state index contributed by atoms with van der Waals surface area (Å²) in [6.07, 6.45) is 0. The van der Waals surface area contributed by atoms with Crippen molar-refractivity contribution in [2.45, 2.75) is 6.04 Å². The molecule has 1 amide bonds. The van der Waals surface area contributed by atoms with E-state index in [1.54, 1.807) is 12.1 Å². The van der Waals surface area contributed by atoms with Crippen molar-refractivity contribution >= 4 is 17.3 Å². The van der Waals surface area contributed by atoms with Crippen LogP contribution < -0.4 is 20.7 Å². The van der Waals surface area contributed by atoms with E-state index in [2.05, 4.69) is 69.2 Å². The Kier molecular flexibility index (Phi) is 6.52. The number of amides is 1. The minimum atomic E-state index is -0.171. The molecule has 29 heavy (non-hydrogen) atoms. The van der Waals surface area contributed by atoms with E-state index in [0.29, 0.717) is 5.56 Å². The highest BCUT2D eigenvalue weighted by Gasteiger charge is 2.16. The van der Waals surface area contributed by atoms with Crippen LogP contribution in [0.1, 0.15) is 27.5 Å². The molecule has 0 radical (unpaired) electrons. The Balaban J connectivity index is 1.85. The van der Waals surface area contributed by atoms with Crippen molar-refractivity contribution in [3.05, 3.63) is 95.6 Å². The summed E-state index contributed by atoms with van der Waals surface area (Å²) in [4.78, 5) is 16.6. The quantitative estimate of drug-likeness (QED) is 0.604. The largest absolute Gasteiger partial charge is 0.378 e. The first-order valence-electron chi connectivity index (χ1n) is 9.61. The Labute approximate surface area is 172 Å². The van der Waals surface area contributed by atoms with Gasteiger partial charge in [0.2, 0.25) is 0 Å². The standard InChI is InChI=1S/C24H28N4O/c1-27(2)21-14-10-18(11-15-21)23(19-12-16-22(17-13-19)28(3)4)25-26-24(29)20-8-6-5-7-9-20/h5-17,23,25H,1-4H3,(H,26,29). The van der Waals surface area contributed by atoms with Gasteiger partial charge in [0.1, 0.15) is 0 Å². The van der Waals surface area contributed by atoms with E-state index in [9.17, 15) is 4.79 Å². The van der Waals surface area contributed by atoms with Gasteiger partial charge < -0.3 is 9.80 Å². The number of hydrogen-bond acceptors (Lipinski definition) is 4. The molecule has 0 atom stereocenters. The smallest absolute Gasteiger partial charge is 0.265 e. The molecular formula is C24H28N4O. The molecule has 2 N–H and O–H groups in total. The summed E-state index contributed by atoms with van der Waals surface area (Å²) in [7, 11) is 8.07. The molecule has 0 aromatic heterocycles. The first kappa shape index (κ1) is 20.4. The molecule has 0 aliphatic heterocycles. The SMILES string of the molecule is CN(C)c1ccc(C(NNC(=O)c2ccccc2)c2ccc(N(C)C)cc2)cc1. The van der Waals surface area contributed by atoms with Gasteiger partial charge in [-0.1, -0.05) is 42.5 Å². The number of nitrogens with zero attached hydrogens (tertiary/aromatic N) is 2. The average Bonchev–Trinajstić information content (AvgIpc) is 2.75. The molecule has 0 saturated carbocycles. The second-order valence-electron chi connectivity index (χ2n) is 7.37. The predicted molar refractivity (Wildman–Crippen MR) is 120 cm³/mol. The number of carbonyl (C=O) groups excluding carboxylic acids is 1. The van der Waals surface area contributed by atoms with E-state index in [1.165, 1.54) is 0 Å². The third-order valence-electron chi connectivity index (χ3n) is 4.85. The Morgan fingerprint density at radius 2 is 1.14 bits per heavy atom. The van der Waals surface area contributed by atoms with Crippen molar-refractivity contribution < 1.29 is 4.79 Å². The highest BCUT2D eigenvalue weighted by Crippen LogP contribution is 2.25. The van der Waals surface area contributed by atoms with Crippen LogP contribution >= 0.6 is 0 Å². The second-order valence-corrected chi connectivity index (χ2v) is 7.37. The van der Waals surface area contributed by atoms with Crippen LogP contribution in [-0.2, 0) is 0 Å². The van der Waals surface area contributed by atoms with Gasteiger partial charge in [-0.05, 0) is 47.5 Å². The minimum absolute atomic E-state index is 0.162. The fourth-order valence-corrected chi connectivity index (χ4v) is 3.09. The van der Waals surface area contributed by atoms with Gasteiger partial charge in [-0.15, -0.1) is 0 Å². The summed E-state index contributed by atoms with van der Waals surface area (Å²) >= 11 is 0. The van der Waals surface area contributed by atoms with Gasteiger partial charge in [-0.25, -0.2) is 5.43 Å². The Morgan fingerprint density at radius 1 is 0.690 bits per heavy atom. The third-order valence-corrected chi connectivity index (χ3v) is 4.85. The zero-order valence-corrected chi connectivity index (χ0v) is 17.4. The number of anilines is 2. The second kappa shape index (κ2) is 9.26. The van der Waals surface area contributed by atoms with Gasteiger partial charge >= 0.3 is 0 Å². The van der Waals surface area contributed by atoms with Gasteiger partial charge in [0, 0.05) is 45.1 Å². The molecule has 0 bridgehead atoms. The summed E-state index contributed by atoms with van der Waals surface area (Å²) < 4.78 is 0. The molecule has 0 spiro atoms. The molecule has 0 aliphatic rings. The fourth-order valence-electron chi connectivity index (χ4n) is 3.09. The Hall–Kier alpha value is -3.31. The molecule has 0 fully saturated rings. The lowest BCUT2D eigenvalue weighted by atomic mass is 9.98. The van der Waals surface area contributed by atoms with Gasteiger partial charge in [0.25, 0.3) is 5.91 Å². The zero-order chi connectivity index (χ0) is 20.8. The molecule has 3 rings (SSSR count). The minimum Gasteiger partial charge on any atom is -0.378 e. The monoisotopic (exact) mass is 388 g/mol. The van der Waals surface area contributed by atoms with E-state index >= 15 is 0 Å². The van der Waals surface area contributed by atoms with Gasteiger partial charge in [0.05, 0.1) is 6.04 Å². The Bertz CT molecular complexity index is 868. The van der Waals surface area contributed by atoms with Crippen LogP contribution in [0.4, 0.5) is 11.4 Å². The maximum Gasteiger partial charge on any atom is 0.265 e. The zero-order valence-electron chi connectivity index (χ0n) is 17.4. The van der Waals surface area contributed by atoms with Crippen molar-refractivity contribution in [2.24, 2.45) is 0 Å². The summed E-state index contributed by atoms with van der Waals surface area (Å²) in [6, 6.07) is 25.7. The maximum absolute atomic E-state index is 12.5. The fraction of sp³-hybridized carbons (Fsp3) is 0.208. The lowest BCUT2D eigenvalue weighted by Gasteiger charge is -2.22. The lowest BCUT2D eigenvalue weighted by Crippen LogP contribution is -2.40. The molecule has 5 heteroatoms. The molecule has 3 aromatic carbocycles. The van der Waals surface area contributed by atoms with Gasteiger partial charge in [0.15, 0.2) is 0 Å². The van der Waals surface area contributed by atoms with Crippen LogP contribution in [0.2, 0.25) is 0 Å². The third kappa shape index (κ3) is 5.15. The average molecular weight is 389 g/mol. The van der Waals surface area contributed by atoms with Crippen LogP contribution in [0.3, 0.4) is 0 Å². The molecule has 3 aromatic rings. The molecule has 0 saturated heterocycles. The topological polar surface area (TPSA) is 47.6 Å². The Morgan fingerprint density at radius 3 is 1.55 bits per heavy atom. The van der Waals surface area contributed by atoms with Crippen molar-refractivity contribution in [1.29, 1.82) is 0 Å². The molecule has 0 unspecified atom stereocenters. The number of hydrazine groups is 1. The highest BCUT2D eigenvalue weighted by atomic mass is 16.2. The normalized spacial score (nSPS) is 10.7. The van der Waals surface area contributed by atoms with E-state index < -0.39 is 0 Å². The number of rotatable bonds is 7. The summed E-state index contributed by atoms with van der Waals surface area (Å²) in [5.74, 6) is -0.162. The predicted octanol–water partition coefficient (Wildman–Crippen LogP) is 3.84. The van der Waals surface area contributed by atoms with E-state index in [4.69, 9.17) is 0 Å². The molecule has 0 heterocycles. The first-order chi connectivity index (χ1) is 14.0. The van der Waals surface area contributed by atoms with Crippen molar-refractivity contribution in [2.75, 3.05) is 38.0 Å². The van der Waals surface area contributed by atoms with E-state index in [0.717, 1.165) is 22.5 Å². The first-order valence-corrected chi connectivity index (χ1v) is 9.61. The van der Waals surface area contributed by atoms with Crippen molar-refractivity contribution in [1.82, 2.24) is 10.9 Å². The molecule has 0 aliphatic carbocycles. The van der Waals surface area contributed by atoms with Crippen LogP contribution in [0.5, 0.6) is 0 Å². The van der Waals surface area contributed by atoms with Crippen LogP contribution in [-0.4, -0.2) is 34.1 Å². The van der Waals surface area contributed by atoms with E-state index in [1.807, 2.05) is 46.4 Å². The van der Waals surface area contributed by atoms with Crippen molar-refractivity contribution in [3.63, 3.8) is 0 Å². The van der Waals surface area contributed by atoms with Crippen LogP contribution in [0.15, 0.2) is 78.9 Å². The molecule has 5 nitrogen and oxygen atoms in total. The number of hydrogen-bond donors (Lipinski definition) is 2. The summed E-state index contributed by atoms with van der Waals surface area (Å²) in [5.41, 5.74) is 11.1. The van der Waals surface area contributed by atoms with Gasteiger partial charge in [-0.2, -0.15) is 0 Å². The van der Waals surface area contributed by atoms with Crippen LogP contribution in [0.25, 0.3) is 0 Å². The molecular weight excluding hydrogens is 360 g/mol. The lowest BCUT2D eigenvalue weighted by molar-refractivity contribution is 0.0928. The highest BCUT2D eigenvalue weighted by molar-refractivity contribution is 5.93. The number of nitrogens with one attached hydrogen (secondary N) is 2. The van der Waals surface area contributed by atoms with E-state index in [-0.39, 0.29) is 11.9 Å². The molecule has 150 valence electrons. The number of carbonyl (C=O) groups is 1. The van der Waals surface area contributed by atoms with Gasteiger partial charge in [-0.3, -0.25) is 10.2 Å². The number of benzene rings is 3. The van der Waals surface area contributed by atoms with Crippen molar-refractivity contribution in [3.8, 4) is 0 Å². The summed E-state index contributed by atoms with van der Waals surface area (Å²) in [5, 5.41) is 0. The van der Waals surface area contributed by atoms with Crippen LogP contribution in [0, 0.1) is 0 Å². The maximum atomic E-state index is 12.5.